The molecule has 1 aromatic heterocycles. The largest absolute Gasteiger partial charge is 0.481 e. The zero-order valence-corrected chi connectivity index (χ0v) is 10.9. The number of hydrogen-bond donors (Lipinski definition) is 1. The fourth-order valence-corrected chi connectivity index (χ4v) is 2.06. The van der Waals surface area contributed by atoms with Crippen LogP contribution in [-0.4, -0.2) is 31.6 Å². The van der Waals surface area contributed by atoms with Gasteiger partial charge in [-0.3, -0.25) is 4.79 Å². The predicted molar refractivity (Wildman–Crippen MR) is 64.7 cm³/mol. The van der Waals surface area contributed by atoms with Gasteiger partial charge in [0.05, 0.1) is 5.75 Å². The van der Waals surface area contributed by atoms with Crippen molar-refractivity contribution >= 4 is 17.7 Å². The van der Waals surface area contributed by atoms with Crippen LogP contribution < -0.4 is 0 Å². The molecule has 0 saturated carbocycles. The maximum atomic E-state index is 13.1. The lowest BCUT2D eigenvalue weighted by molar-refractivity contribution is -0.133. The van der Waals surface area contributed by atoms with Crippen LogP contribution in [0.3, 0.4) is 0 Å². The van der Waals surface area contributed by atoms with Crippen LogP contribution in [-0.2, 0) is 11.8 Å². The highest BCUT2D eigenvalue weighted by atomic mass is 32.2. The summed E-state index contributed by atoms with van der Waals surface area (Å²) in [7, 11) is 1.51. The molecular formula is C11H8F3N3O2S. The molecule has 0 radical (unpaired) electrons. The standard InChI is InChI=1S/C11H8F3N3O2S/c1-17-11(20-4-8(18)19)15-10(16-17)5-2-6(12)9(14)7(13)3-5/h2-3H,4H2,1H3,(H,18,19). The Kier molecular flexibility index (Phi) is 3.98. The third-order valence-corrected chi connectivity index (χ3v) is 3.29. The smallest absolute Gasteiger partial charge is 0.313 e. The molecule has 5 nitrogen and oxygen atoms in total. The van der Waals surface area contributed by atoms with Gasteiger partial charge in [0.1, 0.15) is 0 Å². The van der Waals surface area contributed by atoms with Gasteiger partial charge in [0.25, 0.3) is 0 Å². The Hall–Kier alpha value is -2.03. The summed E-state index contributed by atoms with van der Waals surface area (Å²) in [6.45, 7) is 0. The van der Waals surface area contributed by atoms with Gasteiger partial charge in [0.15, 0.2) is 28.4 Å². The fraction of sp³-hybridized carbons (Fsp3) is 0.182. The Morgan fingerprint density at radius 3 is 2.50 bits per heavy atom. The van der Waals surface area contributed by atoms with Crippen molar-refractivity contribution in [2.24, 2.45) is 7.05 Å². The van der Waals surface area contributed by atoms with Gasteiger partial charge in [-0.1, -0.05) is 11.8 Å². The van der Waals surface area contributed by atoms with Crippen molar-refractivity contribution in [1.82, 2.24) is 14.8 Å². The first kappa shape index (κ1) is 14.4. The second-order valence-electron chi connectivity index (χ2n) is 3.78. The molecule has 0 aliphatic carbocycles. The SMILES string of the molecule is Cn1nc(-c2cc(F)c(F)c(F)c2)nc1SCC(=O)O. The van der Waals surface area contributed by atoms with Crippen LogP contribution in [0.4, 0.5) is 13.2 Å². The minimum atomic E-state index is -1.56. The number of halogens is 3. The van der Waals surface area contributed by atoms with Gasteiger partial charge in [0.2, 0.25) is 0 Å². The topological polar surface area (TPSA) is 68.0 Å². The molecule has 9 heteroatoms. The molecule has 1 N–H and O–H groups in total. The maximum absolute atomic E-state index is 13.1. The van der Waals surface area contributed by atoms with E-state index < -0.39 is 23.4 Å². The highest BCUT2D eigenvalue weighted by Crippen LogP contribution is 2.24. The molecule has 0 aliphatic heterocycles. The van der Waals surface area contributed by atoms with E-state index in [9.17, 15) is 18.0 Å². The number of aryl methyl sites for hydroxylation is 1. The first-order valence-corrected chi connectivity index (χ1v) is 6.27. The Labute approximate surface area is 115 Å². The van der Waals surface area contributed by atoms with Crippen LogP contribution in [0.1, 0.15) is 0 Å². The lowest BCUT2D eigenvalue weighted by Gasteiger charge is -1.98. The van der Waals surface area contributed by atoms with E-state index in [2.05, 4.69) is 10.1 Å². The van der Waals surface area contributed by atoms with Crippen molar-refractivity contribution < 1.29 is 23.1 Å². The first-order chi connectivity index (χ1) is 9.38. The number of aliphatic carboxylic acids is 1. The normalized spacial score (nSPS) is 10.8. The molecule has 2 rings (SSSR count). The highest BCUT2D eigenvalue weighted by molar-refractivity contribution is 7.99. The number of benzene rings is 1. The number of thioether (sulfide) groups is 1. The number of carbonyl (C=O) groups is 1. The molecule has 0 saturated heterocycles. The average Bonchev–Trinajstić information content (AvgIpc) is 2.74. The summed E-state index contributed by atoms with van der Waals surface area (Å²) in [6.07, 6.45) is 0. The monoisotopic (exact) mass is 303 g/mol. The second kappa shape index (κ2) is 5.53. The van der Waals surface area contributed by atoms with Crippen LogP contribution in [0.2, 0.25) is 0 Å². The molecule has 2 aromatic rings. The molecule has 0 amide bonds. The zero-order chi connectivity index (χ0) is 14.9. The van der Waals surface area contributed by atoms with E-state index in [0.717, 1.165) is 23.9 Å². The van der Waals surface area contributed by atoms with Gasteiger partial charge in [-0.05, 0) is 12.1 Å². The number of rotatable bonds is 4. The zero-order valence-electron chi connectivity index (χ0n) is 10.1. The third-order valence-electron chi connectivity index (χ3n) is 2.29. The van der Waals surface area contributed by atoms with Crippen LogP contribution >= 0.6 is 11.8 Å². The lowest BCUT2D eigenvalue weighted by Crippen LogP contribution is -2.00. The van der Waals surface area contributed by atoms with E-state index in [1.807, 2.05) is 0 Å². The molecular weight excluding hydrogens is 295 g/mol. The van der Waals surface area contributed by atoms with Gasteiger partial charge in [-0.25, -0.2) is 22.8 Å². The molecule has 1 aromatic carbocycles. The molecule has 0 atom stereocenters. The minimum Gasteiger partial charge on any atom is -0.481 e. The van der Waals surface area contributed by atoms with Gasteiger partial charge in [-0.2, -0.15) is 5.10 Å². The summed E-state index contributed by atoms with van der Waals surface area (Å²) in [5.41, 5.74) is -0.0285. The van der Waals surface area contributed by atoms with Crippen molar-refractivity contribution in [1.29, 1.82) is 0 Å². The van der Waals surface area contributed by atoms with Crippen LogP contribution in [0, 0.1) is 17.5 Å². The predicted octanol–water partition coefficient (Wildman–Crippen LogP) is 2.08. The summed E-state index contributed by atoms with van der Waals surface area (Å²) < 4.78 is 40.4. The summed E-state index contributed by atoms with van der Waals surface area (Å²) in [4.78, 5) is 14.4. The van der Waals surface area contributed by atoms with E-state index in [1.54, 1.807) is 0 Å². The quantitative estimate of drug-likeness (QED) is 0.692. The van der Waals surface area contributed by atoms with Crippen molar-refractivity contribution in [3.05, 3.63) is 29.6 Å². The molecule has 0 bridgehead atoms. The van der Waals surface area contributed by atoms with Crippen molar-refractivity contribution in [2.45, 2.75) is 5.16 Å². The van der Waals surface area contributed by atoms with E-state index in [4.69, 9.17) is 5.11 Å². The molecule has 20 heavy (non-hydrogen) atoms. The van der Waals surface area contributed by atoms with Gasteiger partial charge in [-0.15, -0.1) is 0 Å². The number of carboxylic acid groups (broad SMARTS) is 1. The number of aromatic nitrogens is 3. The number of nitrogens with zero attached hydrogens (tertiary/aromatic N) is 3. The average molecular weight is 303 g/mol. The Bertz CT molecular complexity index is 652. The van der Waals surface area contributed by atoms with Gasteiger partial charge >= 0.3 is 5.97 Å². The summed E-state index contributed by atoms with van der Waals surface area (Å²) in [6, 6.07) is 1.55. The first-order valence-electron chi connectivity index (χ1n) is 5.29. The summed E-state index contributed by atoms with van der Waals surface area (Å²) in [5, 5.41) is 12.8. The summed E-state index contributed by atoms with van der Waals surface area (Å²) in [5.74, 6) is -5.51. The molecule has 0 unspecified atom stereocenters. The summed E-state index contributed by atoms with van der Waals surface area (Å²) >= 11 is 0.910. The Morgan fingerprint density at radius 2 is 1.95 bits per heavy atom. The maximum Gasteiger partial charge on any atom is 0.313 e. The Morgan fingerprint density at radius 1 is 1.35 bits per heavy atom. The van der Waals surface area contributed by atoms with Crippen LogP contribution in [0.15, 0.2) is 17.3 Å². The van der Waals surface area contributed by atoms with Gasteiger partial charge in [0, 0.05) is 12.6 Å². The molecule has 0 aliphatic rings. The molecule has 1 heterocycles. The van der Waals surface area contributed by atoms with Crippen molar-refractivity contribution in [3.63, 3.8) is 0 Å². The third kappa shape index (κ3) is 2.93. The van der Waals surface area contributed by atoms with Crippen molar-refractivity contribution in [2.75, 3.05) is 5.75 Å². The van der Waals surface area contributed by atoms with Crippen LogP contribution in [0.25, 0.3) is 11.4 Å². The highest BCUT2D eigenvalue weighted by Gasteiger charge is 2.16. The minimum absolute atomic E-state index is 0.0156. The number of hydrogen-bond acceptors (Lipinski definition) is 4. The molecule has 0 fully saturated rings. The molecule has 0 spiro atoms. The van der Waals surface area contributed by atoms with Gasteiger partial charge < -0.3 is 5.11 Å². The number of carboxylic acids is 1. The fourth-order valence-electron chi connectivity index (χ4n) is 1.43. The van der Waals surface area contributed by atoms with E-state index in [0.29, 0.717) is 0 Å². The van der Waals surface area contributed by atoms with E-state index in [-0.39, 0.29) is 22.3 Å². The molecule has 106 valence electrons. The van der Waals surface area contributed by atoms with E-state index >= 15 is 0 Å². The van der Waals surface area contributed by atoms with Crippen LogP contribution in [0.5, 0.6) is 0 Å². The Balaban J connectivity index is 2.34. The van der Waals surface area contributed by atoms with Crippen molar-refractivity contribution in [3.8, 4) is 11.4 Å². The second-order valence-corrected chi connectivity index (χ2v) is 4.72. The van der Waals surface area contributed by atoms with E-state index in [1.165, 1.54) is 11.7 Å². The lowest BCUT2D eigenvalue weighted by atomic mass is 10.2.